The maximum absolute atomic E-state index is 5.29. The summed E-state index contributed by atoms with van der Waals surface area (Å²) in [6, 6.07) is 60.2. The Morgan fingerprint density at radius 1 is 0.404 bits per heavy atom. The van der Waals surface area contributed by atoms with Gasteiger partial charge in [-0.3, -0.25) is 0 Å². The first kappa shape index (κ1) is 29.1. The van der Waals surface area contributed by atoms with Gasteiger partial charge < -0.3 is 4.57 Å². The van der Waals surface area contributed by atoms with Gasteiger partial charge in [-0.15, -0.1) is 11.3 Å². The third-order valence-electron chi connectivity index (χ3n) is 10.2. The molecule has 0 unspecified atom stereocenters. The van der Waals surface area contributed by atoms with Crippen molar-refractivity contribution in [2.75, 3.05) is 0 Å². The molecule has 0 radical (unpaired) electrons. The lowest BCUT2D eigenvalue weighted by atomic mass is 10.0. The summed E-state index contributed by atoms with van der Waals surface area (Å²) >= 11 is 1.83. The van der Waals surface area contributed by atoms with Crippen molar-refractivity contribution in [3.05, 3.63) is 170 Å². The average molecular weight is 681 g/mol. The van der Waals surface area contributed by atoms with Crippen molar-refractivity contribution in [2.45, 2.75) is 0 Å². The van der Waals surface area contributed by atoms with E-state index in [1.807, 2.05) is 29.5 Å². The van der Waals surface area contributed by atoms with Gasteiger partial charge in [0.05, 0.1) is 21.4 Å². The molecule has 0 saturated heterocycles. The minimum atomic E-state index is 0.652. The summed E-state index contributed by atoms with van der Waals surface area (Å²) < 4.78 is 4.87. The van der Waals surface area contributed by atoms with Crippen LogP contribution < -0.4 is 0 Å². The summed E-state index contributed by atoms with van der Waals surface area (Å²) in [6.45, 7) is 0. The number of para-hydroxylation sites is 1. The molecule has 242 valence electrons. The molecule has 11 rings (SSSR count). The summed E-state index contributed by atoms with van der Waals surface area (Å²) in [5.74, 6) is 1.97. The number of fused-ring (bicyclic) bond motifs is 8. The molecule has 8 aromatic carbocycles. The first-order chi connectivity index (χ1) is 25.8. The highest BCUT2D eigenvalue weighted by molar-refractivity contribution is 7.26. The van der Waals surface area contributed by atoms with E-state index in [1.165, 1.54) is 47.4 Å². The molecule has 0 spiro atoms. The standard InChI is InChI=1S/C47H28N4S/c1-2-14-30(15-3-1)45-48-46(35-22-12-18-29-13-6-7-19-33(29)35)50-47(49-45)37-25-26-40(44-43(37)36-21-9-11-24-42(36)52-44)51-39-23-10-8-20-34(39)38-27-31-16-4-5-17-32(31)28-41(38)51/h1-28H. The normalized spacial score (nSPS) is 11.8. The lowest BCUT2D eigenvalue weighted by molar-refractivity contribution is 1.08. The van der Waals surface area contributed by atoms with E-state index in [0.29, 0.717) is 17.5 Å². The Morgan fingerprint density at radius 2 is 1.04 bits per heavy atom. The molecule has 0 saturated carbocycles. The topological polar surface area (TPSA) is 43.6 Å². The molecule has 0 fully saturated rings. The van der Waals surface area contributed by atoms with E-state index in [4.69, 9.17) is 15.0 Å². The van der Waals surface area contributed by atoms with Crippen LogP contribution in [0.15, 0.2) is 170 Å². The molecule has 3 aromatic heterocycles. The second-order valence-electron chi connectivity index (χ2n) is 13.2. The molecular weight excluding hydrogens is 653 g/mol. The monoisotopic (exact) mass is 680 g/mol. The zero-order chi connectivity index (χ0) is 34.2. The molecule has 52 heavy (non-hydrogen) atoms. The number of benzene rings is 8. The van der Waals surface area contributed by atoms with E-state index in [9.17, 15) is 0 Å². The number of hydrogen-bond donors (Lipinski definition) is 0. The van der Waals surface area contributed by atoms with E-state index in [2.05, 4.69) is 156 Å². The van der Waals surface area contributed by atoms with Gasteiger partial charge in [-0.05, 0) is 57.9 Å². The zero-order valence-electron chi connectivity index (χ0n) is 27.9. The fraction of sp³-hybridized carbons (Fsp3) is 0. The smallest absolute Gasteiger partial charge is 0.164 e. The number of hydrogen-bond acceptors (Lipinski definition) is 4. The van der Waals surface area contributed by atoms with Crippen LogP contribution in [-0.2, 0) is 0 Å². The van der Waals surface area contributed by atoms with Crippen LogP contribution in [0.5, 0.6) is 0 Å². The maximum atomic E-state index is 5.29. The number of rotatable bonds is 4. The fourth-order valence-electron chi connectivity index (χ4n) is 7.85. The van der Waals surface area contributed by atoms with Crippen LogP contribution in [-0.4, -0.2) is 19.5 Å². The third-order valence-corrected chi connectivity index (χ3v) is 11.4. The van der Waals surface area contributed by atoms with Crippen LogP contribution in [0.2, 0.25) is 0 Å². The van der Waals surface area contributed by atoms with Crippen LogP contribution in [0.3, 0.4) is 0 Å². The molecule has 0 atom stereocenters. The van der Waals surface area contributed by atoms with E-state index < -0.39 is 0 Å². The van der Waals surface area contributed by atoms with E-state index in [0.717, 1.165) is 38.5 Å². The first-order valence-electron chi connectivity index (χ1n) is 17.5. The fourth-order valence-corrected chi connectivity index (χ4v) is 9.08. The van der Waals surface area contributed by atoms with Crippen molar-refractivity contribution >= 4 is 74.9 Å². The molecule has 5 heteroatoms. The Labute approximate surface area is 302 Å². The van der Waals surface area contributed by atoms with Gasteiger partial charge >= 0.3 is 0 Å². The lowest BCUT2D eigenvalue weighted by Crippen LogP contribution is -2.01. The Bertz CT molecular complexity index is 3190. The molecule has 0 aliphatic rings. The quantitative estimate of drug-likeness (QED) is 0.186. The van der Waals surface area contributed by atoms with Crippen LogP contribution in [0.1, 0.15) is 0 Å². The molecule has 0 bridgehead atoms. The highest BCUT2D eigenvalue weighted by Gasteiger charge is 2.22. The van der Waals surface area contributed by atoms with Gasteiger partial charge in [0.1, 0.15) is 0 Å². The summed E-state index contributed by atoms with van der Waals surface area (Å²) in [4.78, 5) is 15.6. The van der Waals surface area contributed by atoms with Crippen LogP contribution in [0, 0.1) is 0 Å². The van der Waals surface area contributed by atoms with Gasteiger partial charge in [0.25, 0.3) is 0 Å². The van der Waals surface area contributed by atoms with Crippen molar-refractivity contribution in [1.29, 1.82) is 0 Å². The van der Waals surface area contributed by atoms with Gasteiger partial charge in [-0.2, -0.15) is 0 Å². The second-order valence-corrected chi connectivity index (χ2v) is 14.3. The third kappa shape index (κ3) is 4.43. The highest BCUT2D eigenvalue weighted by Crippen LogP contribution is 2.45. The molecule has 0 aliphatic heterocycles. The number of nitrogens with zero attached hydrogens (tertiary/aromatic N) is 4. The predicted octanol–water partition coefficient (Wildman–Crippen LogP) is 12.6. The zero-order valence-corrected chi connectivity index (χ0v) is 28.7. The molecular formula is C47H28N4S. The largest absolute Gasteiger partial charge is 0.308 e. The first-order valence-corrected chi connectivity index (χ1v) is 18.3. The summed E-state index contributed by atoms with van der Waals surface area (Å²) in [5, 5.41) is 9.56. The van der Waals surface area contributed by atoms with Crippen molar-refractivity contribution in [3.8, 4) is 39.9 Å². The molecule has 11 aromatic rings. The van der Waals surface area contributed by atoms with Crippen LogP contribution >= 0.6 is 11.3 Å². The van der Waals surface area contributed by atoms with Gasteiger partial charge in [0.15, 0.2) is 17.5 Å². The Morgan fingerprint density at radius 3 is 1.88 bits per heavy atom. The molecule has 3 heterocycles. The Balaban J connectivity index is 1.23. The van der Waals surface area contributed by atoms with E-state index in [1.54, 1.807) is 0 Å². The Kier molecular flexibility index (Phi) is 6.39. The highest BCUT2D eigenvalue weighted by atomic mass is 32.1. The minimum absolute atomic E-state index is 0.652. The predicted molar refractivity (Wildman–Crippen MR) is 218 cm³/mol. The lowest BCUT2D eigenvalue weighted by Gasteiger charge is -2.14. The molecule has 0 amide bonds. The van der Waals surface area contributed by atoms with Crippen LogP contribution in [0.4, 0.5) is 0 Å². The maximum Gasteiger partial charge on any atom is 0.164 e. The number of thiophene rings is 1. The van der Waals surface area contributed by atoms with Crippen molar-refractivity contribution in [3.63, 3.8) is 0 Å². The van der Waals surface area contributed by atoms with Crippen molar-refractivity contribution in [2.24, 2.45) is 0 Å². The average Bonchev–Trinajstić information content (AvgIpc) is 3.76. The summed E-state index contributed by atoms with van der Waals surface area (Å²) in [6.07, 6.45) is 0. The SMILES string of the molecule is c1ccc(-c2nc(-c3cccc4ccccc34)nc(-c3ccc(-n4c5ccccc5c5cc6ccccc6cc54)c4sc5ccccc5c34)n2)cc1. The van der Waals surface area contributed by atoms with Gasteiger partial charge in [-0.25, -0.2) is 15.0 Å². The second kappa shape index (κ2) is 11.4. The van der Waals surface area contributed by atoms with Crippen LogP contribution in [0.25, 0.3) is 103 Å². The van der Waals surface area contributed by atoms with E-state index >= 15 is 0 Å². The van der Waals surface area contributed by atoms with Gasteiger partial charge in [0, 0.05) is 42.9 Å². The van der Waals surface area contributed by atoms with Crippen molar-refractivity contribution in [1.82, 2.24) is 19.5 Å². The number of aromatic nitrogens is 4. The molecule has 4 nitrogen and oxygen atoms in total. The molecule has 0 N–H and O–H groups in total. The van der Waals surface area contributed by atoms with Crippen molar-refractivity contribution < 1.29 is 0 Å². The summed E-state index contributed by atoms with van der Waals surface area (Å²) in [5.41, 5.74) is 6.45. The minimum Gasteiger partial charge on any atom is -0.308 e. The van der Waals surface area contributed by atoms with Gasteiger partial charge in [-0.1, -0.05) is 133 Å². The van der Waals surface area contributed by atoms with Gasteiger partial charge in [0.2, 0.25) is 0 Å². The van der Waals surface area contributed by atoms with E-state index in [-0.39, 0.29) is 0 Å². The summed E-state index contributed by atoms with van der Waals surface area (Å²) in [7, 11) is 0. The molecule has 0 aliphatic carbocycles. The Hall–Kier alpha value is -6.69.